The van der Waals surface area contributed by atoms with E-state index in [9.17, 15) is 9.59 Å². The Morgan fingerprint density at radius 2 is 1.62 bits per heavy atom. The summed E-state index contributed by atoms with van der Waals surface area (Å²) in [4.78, 5) is 22.9. The highest BCUT2D eigenvalue weighted by atomic mass is 16.1. The lowest BCUT2D eigenvalue weighted by Gasteiger charge is -2.24. The number of nitrogens with one attached hydrogen (secondary N) is 1. The second kappa shape index (κ2) is 6.63. The van der Waals surface area contributed by atoms with Crippen molar-refractivity contribution in [2.45, 2.75) is 53.1 Å². The predicted molar refractivity (Wildman–Crippen MR) is 64.9 cm³/mol. The Kier molecular flexibility index (Phi) is 6.26. The van der Waals surface area contributed by atoms with Gasteiger partial charge in [-0.3, -0.25) is 9.59 Å². The molecular formula is C12H24N2O2. The Morgan fingerprint density at radius 1 is 1.12 bits per heavy atom. The summed E-state index contributed by atoms with van der Waals surface area (Å²) in [5.41, 5.74) is 5.15. The molecule has 0 bridgehead atoms. The fourth-order valence-electron chi connectivity index (χ4n) is 1.55. The Morgan fingerprint density at radius 3 is 1.94 bits per heavy atom. The molecule has 0 unspecified atom stereocenters. The minimum absolute atomic E-state index is 0.0648. The molecule has 3 N–H and O–H groups in total. The van der Waals surface area contributed by atoms with E-state index in [0.717, 1.165) is 0 Å². The quantitative estimate of drug-likeness (QED) is 0.685. The van der Waals surface area contributed by atoms with Crippen LogP contribution in [0, 0.1) is 11.8 Å². The summed E-state index contributed by atoms with van der Waals surface area (Å²) in [6.07, 6.45) is 0.220. The molecule has 0 saturated heterocycles. The average Bonchev–Trinajstić information content (AvgIpc) is 2.12. The van der Waals surface area contributed by atoms with E-state index in [1.54, 1.807) is 6.92 Å². The third kappa shape index (κ3) is 5.26. The molecule has 0 aliphatic rings. The number of hydrogen-bond donors (Lipinski definition) is 2. The summed E-state index contributed by atoms with van der Waals surface area (Å²) < 4.78 is 0. The van der Waals surface area contributed by atoms with E-state index >= 15 is 0 Å². The van der Waals surface area contributed by atoms with Gasteiger partial charge in [-0.25, -0.2) is 0 Å². The molecule has 0 fully saturated rings. The molecule has 0 aromatic carbocycles. The average molecular weight is 228 g/mol. The van der Waals surface area contributed by atoms with Crippen LogP contribution in [0.15, 0.2) is 0 Å². The largest absolute Gasteiger partial charge is 0.369 e. The van der Waals surface area contributed by atoms with E-state index in [1.807, 2.05) is 27.7 Å². The minimum atomic E-state index is -0.416. The molecule has 0 spiro atoms. The smallest absolute Gasteiger partial charge is 0.220 e. The lowest BCUT2D eigenvalue weighted by Crippen LogP contribution is -2.45. The number of carbonyl (C=O) groups excluding carboxylic acids is 2. The molecule has 0 saturated carbocycles. The van der Waals surface area contributed by atoms with Crippen molar-refractivity contribution in [2.75, 3.05) is 0 Å². The molecule has 1 amide bonds. The Hall–Kier alpha value is -0.900. The molecule has 4 nitrogen and oxygen atoms in total. The maximum Gasteiger partial charge on any atom is 0.220 e. The van der Waals surface area contributed by atoms with Gasteiger partial charge in [0.1, 0.15) is 0 Å². The van der Waals surface area contributed by atoms with Crippen molar-refractivity contribution in [3.05, 3.63) is 0 Å². The maximum absolute atomic E-state index is 12.0. The van der Waals surface area contributed by atoms with Crippen LogP contribution in [-0.2, 0) is 9.59 Å². The third-order valence-corrected chi connectivity index (χ3v) is 2.52. The van der Waals surface area contributed by atoms with Gasteiger partial charge in [-0.15, -0.1) is 0 Å². The van der Waals surface area contributed by atoms with Crippen molar-refractivity contribution in [3.63, 3.8) is 0 Å². The first-order valence-electron chi connectivity index (χ1n) is 5.83. The number of amides is 1. The number of carbonyl (C=O) groups is 2. The van der Waals surface area contributed by atoms with Gasteiger partial charge in [-0.05, 0) is 5.92 Å². The lowest BCUT2D eigenvalue weighted by molar-refractivity contribution is -0.128. The maximum atomic E-state index is 12.0. The molecule has 0 aromatic heterocycles. The Balaban J connectivity index is 4.44. The van der Waals surface area contributed by atoms with E-state index < -0.39 is 5.91 Å². The van der Waals surface area contributed by atoms with Gasteiger partial charge in [0, 0.05) is 18.4 Å². The van der Waals surface area contributed by atoms with Crippen LogP contribution in [0.1, 0.15) is 41.0 Å². The number of primary amides is 1. The number of ketones is 1. The lowest BCUT2D eigenvalue weighted by atomic mass is 9.92. The monoisotopic (exact) mass is 228 g/mol. The SMILES string of the molecule is CC(C)N[C@H](C(=O)C[C@@H](C)C(N)=O)C(C)C. The topological polar surface area (TPSA) is 72.2 Å². The number of rotatable bonds is 7. The van der Waals surface area contributed by atoms with E-state index in [-0.39, 0.29) is 36.1 Å². The fourth-order valence-corrected chi connectivity index (χ4v) is 1.55. The molecule has 4 heteroatoms. The van der Waals surface area contributed by atoms with E-state index in [0.29, 0.717) is 0 Å². The van der Waals surface area contributed by atoms with Crippen molar-refractivity contribution < 1.29 is 9.59 Å². The van der Waals surface area contributed by atoms with Crippen LogP contribution in [0.5, 0.6) is 0 Å². The van der Waals surface area contributed by atoms with Gasteiger partial charge in [-0.2, -0.15) is 0 Å². The molecule has 0 aliphatic heterocycles. The molecule has 0 aliphatic carbocycles. The van der Waals surface area contributed by atoms with Crippen LogP contribution in [0.3, 0.4) is 0 Å². The zero-order chi connectivity index (χ0) is 12.9. The number of nitrogens with two attached hydrogens (primary N) is 1. The fraction of sp³-hybridized carbons (Fsp3) is 0.833. The van der Waals surface area contributed by atoms with Crippen molar-refractivity contribution in [3.8, 4) is 0 Å². The standard InChI is InChI=1S/C12H24N2O2/c1-7(2)11(14-8(3)4)10(15)6-9(5)12(13)16/h7-9,11,14H,6H2,1-5H3,(H2,13,16)/t9-,11+/m1/s1. The van der Waals surface area contributed by atoms with Crippen LogP contribution in [0.2, 0.25) is 0 Å². The Bertz CT molecular complexity index is 249. The van der Waals surface area contributed by atoms with Crippen molar-refractivity contribution in [1.82, 2.24) is 5.32 Å². The summed E-state index contributed by atoms with van der Waals surface area (Å²) in [6.45, 7) is 9.67. The van der Waals surface area contributed by atoms with Gasteiger partial charge in [-0.1, -0.05) is 34.6 Å². The zero-order valence-corrected chi connectivity index (χ0v) is 10.9. The second-order valence-electron chi connectivity index (χ2n) is 5.02. The van der Waals surface area contributed by atoms with Gasteiger partial charge in [0.2, 0.25) is 5.91 Å². The molecule has 2 atom stereocenters. The summed E-state index contributed by atoms with van der Waals surface area (Å²) in [5, 5.41) is 3.22. The van der Waals surface area contributed by atoms with Gasteiger partial charge < -0.3 is 11.1 Å². The summed E-state index contributed by atoms with van der Waals surface area (Å²) in [6, 6.07) is 0.0574. The summed E-state index contributed by atoms with van der Waals surface area (Å²) in [7, 11) is 0. The van der Waals surface area contributed by atoms with Crippen LogP contribution in [-0.4, -0.2) is 23.8 Å². The molecule has 0 radical (unpaired) electrons. The molecule has 94 valence electrons. The van der Waals surface area contributed by atoms with Crippen LogP contribution in [0.25, 0.3) is 0 Å². The first-order valence-corrected chi connectivity index (χ1v) is 5.83. The molecular weight excluding hydrogens is 204 g/mol. The van der Waals surface area contributed by atoms with Gasteiger partial charge in [0.25, 0.3) is 0 Å². The minimum Gasteiger partial charge on any atom is -0.369 e. The normalized spacial score (nSPS) is 15.2. The zero-order valence-electron chi connectivity index (χ0n) is 10.9. The first kappa shape index (κ1) is 15.1. The third-order valence-electron chi connectivity index (χ3n) is 2.52. The number of hydrogen-bond acceptors (Lipinski definition) is 3. The van der Waals surface area contributed by atoms with Crippen LogP contribution in [0.4, 0.5) is 0 Å². The van der Waals surface area contributed by atoms with E-state index in [4.69, 9.17) is 5.73 Å². The molecule has 0 rings (SSSR count). The van der Waals surface area contributed by atoms with Crippen LogP contribution >= 0.6 is 0 Å². The highest BCUT2D eigenvalue weighted by molar-refractivity contribution is 5.89. The van der Waals surface area contributed by atoms with Gasteiger partial charge in [0.05, 0.1) is 6.04 Å². The molecule has 16 heavy (non-hydrogen) atoms. The van der Waals surface area contributed by atoms with Crippen LogP contribution < -0.4 is 11.1 Å². The molecule has 0 aromatic rings. The van der Waals surface area contributed by atoms with E-state index in [1.165, 1.54) is 0 Å². The van der Waals surface area contributed by atoms with Crippen molar-refractivity contribution in [1.29, 1.82) is 0 Å². The second-order valence-corrected chi connectivity index (χ2v) is 5.02. The summed E-state index contributed by atoms with van der Waals surface area (Å²) >= 11 is 0. The summed E-state index contributed by atoms with van der Waals surface area (Å²) in [5.74, 6) is -0.520. The van der Waals surface area contributed by atoms with Gasteiger partial charge in [0.15, 0.2) is 5.78 Å². The highest BCUT2D eigenvalue weighted by Crippen LogP contribution is 2.11. The first-order chi connectivity index (χ1) is 7.25. The number of Topliss-reactive ketones (excluding diaryl/α,β-unsaturated/α-hetero) is 1. The predicted octanol–water partition coefficient (Wildman–Crippen LogP) is 1.09. The highest BCUT2D eigenvalue weighted by Gasteiger charge is 2.25. The molecule has 0 heterocycles. The van der Waals surface area contributed by atoms with Gasteiger partial charge >= 0.3 is 0 Å². The van der Waals surface area contributed by atoms with Crippen molar-refractivity contribution >= 4 is 11.7 Å². The Labute approximate surface area is 98.0 Å². The van der Waals surface area contributed by atoms with E-state index in [2.05, 4.69) is 5.32 Å². The van der Waals surface area contributed by atoms with Crippen molar-refractivity contribution in [2.24, 2.45) is 17.6 Å².